The Kier molecular flexibility index (Phi) is 3.66. The molecule has 0 fully saturated rings. The molecule has 0 aromatic heterocycles. The van der Waals surface area contributed by atoms with Crippen molar-refractivity contribution in [3.05, 3.63) is 63.7 Å². The maximum atomic E-state index is 11.0. The number of anilines is 1. The molecular formula is C14H14N2O3. The van der Waals surface area contributed by atoms with Crippen LogP contribution in [-0.2, 0) is 6.54 Å². The predicted octanol–water partition coefficient (Wildman–Crippen LogP) is 3.22. The van der Waals surface area contributed by atoms with Crippen LogP contribution in [0, 0.1) is 17.0 Å². The summed E-state index contributed by atoms with van der Waals surface area (Å²) < 4.78 is 0. The van der Waals surface area contributed by atoms with Gasteiger partial charge in [-0.3, -0.25) is 10.1 Å². The Balaban J connectivity index is 2.23. The van der Waals surface area contributed by atoms with Gasteiger partial charge < -0.3 is 10.4 Å². The van der Waals surface area contributed by atoms with Crippen LogP contribution in [0.4, 0.5) is 11.4 Å². The van der Waals surface area contributed by atoms with E-state index in [4.69, 9.17) is 0 Å². The molecule has 0 saturated carbocycles. The molecule has 0 bridgehead atoms. The summed E-state index contributed by atoms with van der Waals surface area (Å²) in [6.07, 6.45) is 0. The van der Waals surface area contributed by atoms with Crippen molar-refractivity contribution in [2.45, 2.75) is 13.5 Å². The molecule has 0 spiro atoms. The van der Waals surface area contributed by atoms with Crippen LogP contribution in [0.15, 0.2) is 42.5 Å². The minimum Gasteiger partial charge on any atom is -0.508 e. The number of nitro groups is 1. The van der Waals surface area contributed by atoms with E-state index in [1.807, 2.05) is 0 Å². The van der Waals surface area contributed by atoms with Crippen LogP contribution in [0.2, 0.25) is 0 Å². The topological polar surface area (TPSA) is 75.4 Å². The fourth-order valence-electron chi connectivity index (χ4n) is 1.89. The number of aryl methyl sites for hydroxylation is 1. The molecule has 0 aliphatic rings. The van der Waals surface area contributed by atoms with Gasteiger partial charge in [-0.15, -0.1) is 0 Å². The zero-order valence-electron chi connectivity index (χ0n) is 10.5. The number of hydrogen-bond donors (Lipinski definition) is 2. The van der Waals surface area contributed by atoms with E-state index < -0.39 is 4.92 Å². The molecule has 0 saturated heterocycles. The lowest BCUT2D eigenvalue weighted by molar-refractivity contribution is -0.384. The third-order valence-electron chi connectivity index (χ3n) is 2.88. The monoisotopic (exact) mass is 258 g/mol. The molecule has 98 valence electrons. The zero-order chi connectivity index (χ0) is 13.8. The summed E-state index contributed by atoms with van der Waals surface area (Å²) in [5.41, 5.74) is 1.82. The summed E-state index contributed by atoms with van der Waals surface area (Å²) in [6, 6.07) is 12.0. The number of nitrogens with zero attached hydrogens (tertiary/aromatic N) is 1. The number of nitrogens with one attached hydrogen (secondary N) is 1. The second kappa shape index (κ2) is 5.39. The number of rotatable bonds is 4. The van der Waals surface area contributed by atoms with Crippen LogP contribution in [0.1, 0.15) is 11.1 Å². The molecule has 2 aromatic carbocycles. The van der Waals surface area contributed by atoms with Crippen LogP contribution >= 0.6 is 0 Å². The zero-order valence-corrected chi connectivity index (χ0v) is 10.5. The van der Waals surface area contributed by atoms with E-state index in [-0.39, 0.29) is 11.4 Å². The molecule has 0 aliphatic carbocycles. The van der Waals surface area contributed by atoms with E-state index in [9.17, 15) is 15.2 Å². The summed E-state index contributed by atoms with van der Waals surface area (Å²) in [5.74, 6) is 0.172. The van der Waals surface area contributed by atoms with Crippen molar-refractivity contribution in [3.8, 4) is 5.75 Å². The normalized spacial score (nSPS) is 10.2. The molecule has 2 aromatic rings. The van der Waals surface area contributed by atoms with Gasteiger partial charge in [0.15, 0.2) is 0 Å². The van der Waals surface area contributed by atoms with Gasteiger partial charge in [0.1, 0.15) is 11.4 Å². The van der Waals surface area contributed by atoms with Gasteiger partial charge in [-0.25, -0.2) is 0 Å². The predicted molar refractivity (Wildman–Crippen MR) is 73.3 cm³/mol. The highest BCUT2D eigenvalue weighted by molar-refractivity contribution is 5.65. The number of benzene rings is 2. The molecular weight excluding hydrogens is 244 g/mol. The van der Waals surface area contributed by atoms with Crippen LogP contribution in [0.5, 0.6) is 5.75 Å². The highest BCUT2D eigenvalue weighted by atomic mass is 16.6. The van der Waals surface area contributed by atoms with Crippen molar-refractivity contribution in [2.75, 3.05) is 5.32 Å². The Morgan fingerprint density at radius 1 is 1.21 bits per heavy atom. The van der Waals surface area contributed by atoms with Gasteiger partial charge in [-0.1, -0.05) is 30.3 Å². The Bertz CT molecular complexity index is 611. The number of phenols is 1. The largest absolute Gasteiger partial charge is 0.508 e. The number of para-hydroxylation sites is 2. The Morgan fingerprint density at radius 2 is 1.95 bits per heavy atom. The minimum atomic E-state index is -0.400. The highest BCUT2D eigenvalue weighted by Gasteiger charge is 2.16. The van der Waals surface area contributed by atoms with Gasteiger partial charge in [0.05, 0.1) is 4.92 Å². The summed E-state index contributed by atoms with van der Waals surface area (Å²) in [5, 5.41) is 23.7. The van der Waals surface area contributed by atoms with Gasteiger partial charge in [-0.05, 0) is 19.1 Å². The van der Waals surface area contributed by atoms with E-state index in [0.29, 0.717) is 23.4 Å². The van der Waals surface area contributed by atoms with Crippen LogP contribution in [0.3, 0.4) is 0 Å². The molecule has 5 nitrogen and oxygen atoms in total. The van der Waals surface area contributed by atoms with Crippen LogP contribution < -0.4 is 5.32 Å². The first kappa shape index (κ1) is 12.9. The quantitative estimate of drug-likeness (QED) is 0.652. The Labute approximate surface area is 110 Å². The molecule has 0 heterocycles. The third kappa shape index (κ3) is 2.82. The molecule has 0 amide bonds. The van der Waals surface area contributed by atoms with Crippen LogP contribution in [0.25, 0.3) is 0 Å². The molecule has 2 N–H and O–H groups in total. The van der Waals surface area contributed by atoms with Gasteiger partial charge in [-0.2, -0.15) is 0 Å². The van der Waals surface area contributed by atoms with Gasteiger partial charge in [0.2, 0.25) is 0 Å². The van der Waals surface area contributed by atoms with Crippen molar-refractivity contribution in [1.82, 2.24) is 0 Å². The maximum Gasteiger partial charge on any atom is 0.295 e. The van der Waals surface area contributed by atoms with Crippen molar-refractivity contribution < 1.29 is 10.0 Å². The van der Waals surface area contributed by atoms with Gasteiger partial charge in [0.25, 0.3) is 5.69 Å². The molecule has 0 unspecified atom stereocenters. The lowest BCUT2D eigenvalue weighted by Gasteiger charge is -2.09. The molecule has 0 atom stereocenters. The van der Waals surface area contributed by atoms with Crippen molar-refractivity contribution in [3.63, 3.8) is 0 Å². The van der Waals surface area contributed by atoms with Crippen molar-refractivity contribution in [1.29, 1.82) is 0 Å². The molecule has 0 radical (unpaired) electrons. The molecule has 5 heteroatoms. The van der Waals surface area contributed by atoms with Crippen LogP contribution in [-0.4, -0.2) is 10.0 Å². The smallest absolute Gasteiger partial charge is 0.295 e. The molecule has 19 heavy (non-hydrogen) atoms. The van der Waals surface area contributed by atoms with Gasteiger partial charge in [0, 0.05) is 17.7 Å². The fraction of sp³-hybridized carbons (Fsp3) is 0.143. The highest BCUT2D eigenvalue weighted by Crippen LogP contribution is 2.28. The Morgan fingerprint density at radius 3 is 2.63 bits per heavy atom. The molecule has 2 rings (SSSR count). The van der Waals surface area contributed by atoms with E-state index in [0.717, 1.165) is 0 Å². The minimum absolute atomic E-state index is 0.0675. The summed E-state index contributed by atoms with van der Waals surface area (Å²) >= 11 is 0. The molecule has 0 aliphatic heterocycles. The van der Waals surface area contributed by atoms with E-state index in [1.54, 1.807) is 49.4 Å². The average molecular weight is 258 g/mol. The van der Waals surface area contributed by atoms with E-state index in [1.165, 1.54) is 0 Å². The summed E-state index contributed by atoms with van der Waals surface area (Å²) in [6.45, 7) is 2.03. The number of nitro benzene ring substituents is 1. The second-order valence-corrected chi connectivity index (χ2v) is 4.21. The summed E-state index contributed by atoms with van der Waals surface area (Å²) in [7, 11) is 0. The number of phenolic OH excluding ortho intramolecular Hbond substituents is 1. The maximum absolute atomic E-state index is 11.0. The van der Waals surface area contributed by atoms with E-state index >= 15 is 0 Å². The third-order valence-corrected chi connectivity index (χ3v) is 2.88. The van der Waals surface area contributed by atoms with Gasteiger partial charge >= 0.3 is 0 Å². The van der Waals surface area contributed by atoms with Crippen molar-refractivity contribution in [2.24, 2.45) is 0 Å². The first-order valence-electron chi connectivity index (χ1n) is 5.84. The lowest BCUT2D eigenvalue weighted by atomic mass is 10.1. The van der Waals surface area contributed by atoms with E-state index in [2.05, 4.69) is 5.32 Å². The Hall–Kier alpha value is -2.56. The first-order chi connectivity index (χ1) is 9.09. The number of aromatic hydroxyl groups is 1. The number of hydrogen-bond acceptors (Lipinski definition) is 4. The summed E-state index contributed by atoms with van der Waals surface area (Å²) in [4.78, 5) is 10.6. The standard InChI is InChI=1S/C14H14N2O3/c1-10-5-4-7-12(14(10)16(18)19)15-9-11-6-2-3-8-13(11)17/h2-8,15,17H,9H2,1H3. The SMILES string of the molecule is Cc1cccc(NCc2ccccc2O)c1[N+](=O)[O-]. The lowest BCUT2D eigenvalue weighted by Crippen LogP contribution is -2.03. The average Bonchev–Trinajstić information content (AvgIpc) is 2.37. The van der Waals surface area contributed by atoms with Crippen molar-refractivity contribution >= 4 is 11.4 Å². The fourth-order valence-corrected chi connectivity index (χ4v) is 1.89. The first-order valence-corrected chi connectivity index (χ1v) is 5.84. The second-order valence-electron chi connectivity index (χ2n) is 4.21.